The first kappa shape index (κ1) is 12.8. The van der Waals surface area contributed by atoms with E-state index in [1.807, 2.05) is 18.2 Å². The normalized spacial score (nSPS) is 14.8. The zero-order valence-corrected chi connectivity index (χ0v) is 12.5. The fourth-order valence-electron chi connectivity index (χ4n) is 1.91. The molecule has 1 aromatic carbocycles. The van der Waals surface area contributed by atoms with Crippen molar-refractivity contribution in [3.63, 3.8) is 0 Å². The van der Waals surface area contributed by atoms with E-state index in [1.54, 1.807) is 4.57 Å². The van der Waals surface area contributed by atoms with Gasteiger partial charge in [0.25, 0.3) is 0 Å². The highest BCUT2D eigenvalue weighted by molar-refractivity contribution is 9.10. The first-order valence-electron chi connectivity index (χ1n) is 5.99. The van der Waals surface area contributed by atoms with Gasteiger partial charge in [-0.3, -0.25) is 4.57 Å². The summed E-state index contributed by atoms with van der Waals surface area (Å²) in [5.41, 5.74) is 7.62. The molecule has 0 amide bonds. The first-order chi connectivity index (χ1) is 9.16. The van der Waals surface area contributed by atoms with Crippen LogP contribution in [0.15, 0.2) is 32.6 Å². The van der Waals surface area contributed by atoms with Crippen molar-refractivity contribution in [1.82, 2.24) is 14.8 Å². The van der Waals surface area contributed by atoms with E-state index in [1.165, 1.54) is 11.8 Å². The maximum atomic E-state index is 11.7. The molecule has 0 atom stereocenters. The minimum atomic E-state index is -0.120. The van der Waals surface area contributed by atoms with Crippen LogP contribution in [0.25, 0.3) is 0 Å². The second kappa shape index (κ2) is 5.05. The molecular formula is C12H13BrN4OS. The molecule has 0 spiro atoms. The van der Waals surface area contributed by atoms with Gasteiger partial charge in [0.15, 0.2) is 5.16 Å². The van der Waals surface area contributed by atoms with E-state index >= 15 is 0 Å². The Bertz CT molecular complexity index is 642. The van der Waals surface area contributed by atoms with Crippen LogP contribution < -0.4 is 11.4 Å². The number of nitrogens with one attached hydrogen (secondary N) is 1. The van der Waals surface area contributed by atoms with Crippen molar-refractivity contribution in [3.8, 4) is 0 Å². The summed E-state index contributed by atoms with van der Waals surface area (Å²) < 4.78 is 2.73. The molecule has 1 fully saturated rings. The summed E-state index contributed by atoms with van der Waals surface area (Å²) in [5, 5.41) is 7.34. The summed E-state index contributed by atoms with van der Waals surface area (Å²) in [6.45, 7) is 0. The van der Waals surface area contributed by atoms with Crippen molar-refractivity contribution in [3.05, 3.63) is 38.7 Å². The quantitative estimate of drug-likeness (QED) is 0.662. The topological polar surface area (TPSA) is 76.7 Å². The van der Waals surface area contributed by atoms with Crippen LogP contribution in [0.3, 0.4) is 0 Å². The number of rotatable bonds is 4. The molecule has 0 saturated heterocycles. The largest absolute Gasteiger partial charge is 0.398 e. The maximum Gasteiger partial charge on any atom is 0.344 e. The molecule has 5 nitrogen and oxygen atoms in total. The lowest BCUT2D eigenvalue weighted by Gasteiger charge is -2.08. The third kappa shape index (κ3) is 2.57. The summed E-state index contributed by atoms with van der Waals surface area (Å²) in [5.74, 6) is 0.685. The molecule has 3 rings (SSSR count). The van der Waals surface area contributed by atoms with Crippen LogP contribution in [-0.4, -0.2) is 14.8 Å². The van der Waals surface area contributed by atoms with E-state index in [-0.39, 0.29) is 5.69 Å². The summed E-state index contributed by atoms with van der Waals surface area (Å²) in [6.07, 6.45) is 2.12. The number of hydrogen-bond acceptors (Lipinski definition) is 4. The molecule has 7 heteroatoms. The second-order valence-corrected chi connectivity index (χ2v) is 6.31. The Morgan fingerprint density at radius 3 is 3.00 bits per heavy atom. The molecule has 0 aliphatic heterocycles. The van der Waals surface area contributed by atoms with E-state index in [2.05, 4.69) is 26.1 Å². The molecule has 1 saturated carbocycles. The van der Waals surface area contributed by atoms with Crippen LogP contribution in [0.1, 0.15) is 24.4 Å². The van der Waals surface area contributed by atoms with Crippen LogP contribution in [0.4, 0.5) is 5.69 Å². The van der Waals surface area contributed by atoms with Gasteiger partial charge < -0.3 is 5.73 Å². The van der Waals surface area contributed by atoms with Gasteiger partial charge in [-0.15, -0.1) is 5.10 Å². The molecule has 1 aromatic heterocycles. The molecule has 19 heavy (non-hydrogen) atoms. The third-order valence-corrected chi connectivity index (χ3v) is 4.81. The van der Waals surface area contributed by atoms with Gasteiger partial charge >= 0.3 is 5.69 Å². The van der Waals surface area contributed by atoms with Gasteiger partial charge in [-0.05, 0) is 30.5 Å². The monoisotopic (exact) mass is 340 g/mol. The van der Waals surface area contributed by atoms with Gasteiger partial charge in [-0.2, -0.15) is 0 Å². The lowest BCUT2D eigenvalue weighted by Crippen LogP contribution is -2.16. The highest BCUT2D eigenvalue weighted by atomic mass is 79.9. The minimum Gasteiger partial charge on any atom is -0.398 e. The van der Waals surface area contributed by atoms with Crippen LogP contribution in [0, 0.1) is 0 Å². The minimum absolute atomic E-state index is 0.120. The van der Waals surface area contributed by atoms with Gasteiger partial charge in [0.2, 0.25) is 0 Å². The van der Waals surface area contributed by atoms with Crippen molar-refractivity contribution in [2.45, 2.75) is 29.8 Å². The first-order valence-corrected chi connectivity index (χ1v) is 7.77. The number of nitrogens with zero attached hydrogens (tertiary/aromatic N) is 2. The fourth-order valence-corrected chi connectivity index (χ4v) is 3.70. The zero-order chi connectivity index (χ0) is 13.4. The second-order valence-electron chi connectivity index (χ2n) is 4.51. The Morgan fingerprint density at radius 1 is 1.53 bits per heavy atom. The molecule has 1 heterocycles. The smallest absolute Gasteiger partial charge is 0.344 e. The van der Waals surface area contributed by atoms with Crippen LogP contribution in [-0.2, 0) is 5.75 Å². The highest BCUT2D eigenvalue weighted by Gasteiger charge is 2.28. The SMILES string of the molecule is Nc1cccc(Br)c1CSc1n[nH]c(=O)n1C1CC1. The van der Waals surface area contributed by atoms with E-state index in [0.29, 0.717) is 11.8 Å². The Hall–Kier alpha value is -1.21. The lowest BCUT2D eigenvalue weighted by atomic mass is 10.2. The van der Waals surface area contributed by atoms with Gasteiger partial charge in [-0.1, -0.05) is 33.8 Å². The number of nitrogen functional groups attached to an aromatic ring is 1. The van der Waals surface area contributed by atoms with Crippen LogP contribution in [0.5, 0.6) is 0 Å². The summed E-state index contributed by atoms with van der Waals surface area (Å²) >= 11 is 5.02. The molecule has 1 aliphatic carbocycles. The van der Waals surface area contributed by atoms with Gasteiger partial charge in [0, 0.05) is 22.0 Å². The van der Waals surface area contributed by atoms with Crippen molar-refractivity contribution in [2.75, 3.05) is 5.73 Å². The zero-order valence-electron chi connectivity index (χ0n) is 10.1. The Kier molecular flexibility index (Phi) is 3.40. The van der Waals surface area contributed by atoms with Crippen molar-refractivity contribution < 1.29 is 0 Å². The molecule has 3 N–H and O–H groups in total. The summed E-state index contributed by atoms with van der Waals surface area (Å²) in [6, 6.07) is 6.07. The molecule has 0 unspecified atom stereocenters. The Labute approximate surface area is 122 Å². The van der Waals surface area contributed by atoms with E-state index in [4.69, 9.17) is 5.73 Å². The van der Waals surface area contributed by atoms with Gasteiger partial charge in [-0.25, -0.2) is 9.89 Å². The number of aromatic amines is 1. The molecular weight excluding hydrogens is 328 g/mol. The molecule has 0 radical (unpaired) electrons. The number of anilines is 1. The third-order valence-electron chi connectivity index (χ3n) is 3.08. The van der Waals surface area contributed by atoms with E-state index in [0.717, 1.165) is 33.7 Å². The van der Waals surface area contributed by atoms with Gasteiger partial charge in [0.05, 0.1) is 0 Å². The number of aromatic nitrogens is 3. The fraction of sp³-hybridized carbons (Fsp3) is 0.333. The molecule has 100 valence electrons. The molecule has 2 aromatic rings. The summed E-state index contributed by atoms with van der Waals surface area (Å²) in [7, 11) is 0. The van der Waals surface area contributed by atoms with Gasteiger partial charge in [0.1, 0.15) is 0 Å². The predicted molar refractivity (Wildman–Crippen MR) is 79.2 cm³/mol. The van der Waals surface area contributed by atoms with Crippen molar-refractivity contribution in [2.24, 2.45) is 0 Å². The molecule has 0 bridgehead atoms. The Balaban J connectivity index is 1.81. The van der Waals surface area contributed by atoms with Crippen molar-refractivity contribution in [1.29, 1.82) is 0 Å². The number of hydrogen-bond donors (Lipinski definition) is 2. The van der Waals surface area contributed by atoms with Crippen molar-refractivity contribution >= 4 is 33.4 Å². The maximum absolute atomic E-state index is 11.7. The Morgan fingerprint density at radius 2 is 2.32 bits per heavy atom. The standard InChI is InChI=1S/C12H13BrN4OS/c13-9-2-1-3-10(14)8(9)6-19-12-16-15-11(18)17(12)7-4-5-7/h1-3,7H,4-6,14H2,(H,15,18). The number of benzene rings is 1. The average Bonchev–Trinajstić information content (AvgIpc) is 3.14. The number of nitrogens with two attached hydrogens (primary N) is 1. The van der Waals surface area contributed by atoms with E-state index < -0.39 is 0 Å². The number of halogens is 1. The lowest BCUT2D eigenvalue weighted by molar-refractivity contribution is 0.642. The number of H-pyrrole nitrogens is 1. The highest BCUT2D eigenvalue weighted by Crippen LogP contribution is 2.37. The van der Waals surface area contributed by atoms with Crippen LogP contribution in [0.2, 0.25) is 0 Å². The summed E-state index contributed by atoms with van der Waals surface area (Å²) in [4.78, 5) is 11.7. The average molecular weight is 341 g/mol. The van der Waals surface area contributed by atoms with E-state index in [9.17, 15) is 4.79 Å². The predicted octanol–water partition coefficient (Wildman–Crippen LogP) is 2.54. The van der Waals surface area contributed by atoms with Crippen LogP contribution >= 0.6 is 27.7 Å². The molecule has 1 aliphatic rings. The number of thioether (sulfide) groups is 1.